The standard InChI is InChI=1S/C15H23ClN4O4/c1-23-12-8-20(5-6-21)4-3-11(12)18-14(22)9-7-10(16)13(17)19-15(9)24-2/h7,11-12,21H,3-6,8H2,1-2H3,(H2,17,19)(H,18,22)/t11-,12+/m0/s1. The number of rotatable bonds is 6. The minimum atomic E-state index is -0.344. The van der Waals surface area contributed by atoms with Crippen molar-refractivity contribution >= 4 is 23.3 Å². The number of hydrogen-bond acceptors (Lipinski definition) is 7. The van der Waals surface area contributed by atoms with E-state index in [-0.39, 0.29) is 46.9 Å². The maximum Gasteiger partial charge on any atom is 0.257 e. The quantitative estimate of drug-likeness (QED) is 0.663. The Kier molecular flexibility index (Phi) is 6.61. The van der Waals surface area contributed by atoms with Crippen molar-refractivity contribution in [1.82, 2.24) is 15.2 Å². The molecule has 134 valence electrons. The lowest BCUT2D eigenvalue weighted by Crippen LogP contribution is -2.55. The number of amides is 1. The zero-order valence-electron chi connectivity index (χ0n) is 13.8. The van der Waals surface area contributed by atoms with Gasteiger partial charge in [0, 0.05) is 26.7 Å². The molecule has 8 nitrogen and oxygen atoms in total. The molecule has 0 bridgehead atoms. The summed E-state index contributed by atoms with van der Waals surface area (Å²) in [7, 11) is 3.02. The summed E-state index contributed by atoms with van der Waals surface area (Å²) in [5.74, 6) is -0.109. The van der Waals surface area contributed by atoms with Crippen LogP contribution >= 0.6 is 11.6 Å². The Labute approximate surface area is 145 Å². The van der Waals surface area contributed by atoms with Crippen LogP contribution in [0.3, 0.4) is 0 Å². The number of hydrogen-bond donors (Lipinski definition) is 3. The molecule has 0 aromatic carbocycles. The number of aliphatic hydroxyl groups is 1. The molecule has 1 fully saturated rings. The van der Waals surface area contributed by atoms with Crippen LogP contribution in [-0.2, 0) is 4.74 Å². The van der Waals surface area contributed by atoms with Gasteiger partial charge in [0.2, 0.25) is 5.88 Å². The van der Waals surface area contributed by atoms with E-state index >= 15 is 0 Å². The number of piperidine rings is 1. The number of carbonyl (C=O) groups excluding carboxylic acids is 1. The summed E-state index contributed by atoms with van der Waals surface area (Å²) in [5.41, 5.74) is 5.86. The number of methoxy groups -OCH3 is 2. The van der Waals surface area contributed by atoms with Gasteiger partial charge in [-0.3, -0.25) is 9.69 Å². The molecule has 1 aliphatic heterocycles. The molecular formula is C15H23ClN4O4. The van der Waals surface area contributed by atoms with Gasteiger partial charge in [0.15, 0.2) is 0 Å². The lowest BCUT2D eigenvalue weighted by Gasteiger charge is -2.37. The van der Waals surface area contributed by atoms with Crippen molar-refractivity contribution in [3.8, 4) is 5.88 Å². The molecule has 0 saturated carbocycles. The second-order valence-corrected chi connectivity index (χ2v) is 5.99. The third-order valence-corrected chi connectivity index (χ3v) is 4.39. The largest absolute Gasteiger partial charge is 0.480 e. The van der Waals surface area contributed by atoms with Crippen molar-refractivity contribution in [3.63, 3.8) is 0 Å². The Balaban J connectivity index is 2.10. The van der Waals surface area contributed by atoms with E-state index in [0.717, 1.165) is 6.54 Å². The van der Waals surface area contributed by atoms with E-state index in [1.54, 1.807) is 7.11 Å². The number of halogens is 1. The Morgan fingerprint density at radius 2 is 2.33 bits per heavy atom. The molecule has 1 aliphatic rings. The van der Waals surface area contributed by atoms with Crippen molar-refractivity contribution in [3.05, 3.63) is 16.7 Å². The highest BCUT2D eigenvalue weighted by atomic mass is 35.5. The molecule has 1 amide bonds. The van der Waals surface area contributed by atoms with Gasteiger partial charge in [-0.25, -0.2) is 0 Å². The van der Waals surface area contributed by atoms with Gasteiger partial charge in [-0.1, -0.05) is 11.6 Å². The second kappa shape index (κ2) is 8.48. The van der Waals surface area contributed by atoms with E-state index in [1.165, 1.54) is 13.2 Å². The number of β-amino-alcohol motifs (C(OH)–C–C–N with tert-alkyl or cyclic N) is 1. The van der Waals surface area contributed by atoms with Crippen LogP contribution in [0.4, 0.5) is 5.82 Å². The summed E-state index contributed by atoms with van der Waals surface area (Å²) in [4.78, 5) is 18.7. The fraction of sp³-hybridized carbons (Fsp3) is 0.600. The van der Waals surface area contributed by atoms with Crippen LogP contribution in [0.25, 0.3) is 0 Å². The summed E-state index contributed by atoms with van der Waals surface area (Å²) >= 11 is 5.96. The number of anilines is 1. The Morgan fingerprint density at radius 3 is 2.96 bits per heavy atom. The van der Waals surface area contributed by atoms with Crippen molar-refractivity contribution in [2.45, 2.75) is 18.6 Å². The normalized spacial score (nSPS) is 21.5. The first kappa shape index (κ1) is 18.7. The summed E-state index contributed by atoms with van der Waals surface area (Å²) < 4.78 is 10.6. The second-order valence-electron chi connectivity index (χ2n) is 5.58. The molecule has 2 atom stereocenters. The number of aliphatic hydroxyl groups excluding tert-OH is 1. The predicted molar refractivity (Wildman–Crippen MR) is 90.4 cm³/mol. The van der Waals surface area contributed by atoms with E-state index < -0.39 is 0 Å². The number of nitrogens with zero attached hydrogens (tertiary/aromatic N) is 2. The number of nitrogens with two attached hydrogens (primary N) is 1. The lowest BCUT2D eigenvalue weighted by molar-refractivity contribution is 0.00227. The molecule has 0 radical (unpaired) electrons. The highest BCUT2D eigenvalue weighted by molar-refractivity contribution is 6.33. The summed E-state index contributed by atoms with van der Waals surface area (Å²) in [6, 6.07) is 1.29. The predicted octanol–water partition coefficient (Wildman–Crippen LogP) is 0.137. The van der Waals surface area contributed by atoms with E-state index in [2.05, 4.69) is 15.2 Å². The molecule has 1 aromatic heterocycles. The van der Waals surface area contributed by atoms with Gasteiger partial charge in [-0.05, 0) is 12.5 Å². The average Bonchev–Trinajstić information content (AvgIpc) is 2.58. The summed E-state index contributed by atoms with van der Waals surface area (Å²) in [5, 5.41) is 12.2. The van der Waals surface area contributed by atoms with Crippen LogP contribution in [0.1, 0.15) is 16.8 Å². The maximum absolute atomic E-state index is 12.6. The molecule has 0 aliphatic carbocycles. The molecule has 1 aromatic rings. The van der Waals surface area contributed by atoms with Gasteiger partial charge >= 0.3 is 0 Å². The zero-order chi connectivity index (χ0) is 17.7. The average molecular weight is 359 g/mol. The van der Waals surface area contributed by atoms with Crippen LogP contribution in [0.5, 0.6) is 5.88 Å². The number of nitrogen functional groups attached to an aromatic ring is 1. The van der Waals surface area contributed by atoms with Gasteiger partial charge in [-0.15, -0.1) is 0 Å². The van der Waals surface area contributed by atoms with Gasteiger partial charge in [-0.2, -0.15) is 4.98 Å². The first-order valence-corrected chi connectivity index (χ1v) is 8.04. The van der Waals surface area contributed by atoms with Crippen molar-refractivity contribution < 1.29 is 19.4 Å². The smallest absolute Gasteiger partial charge is 0.257 e. The number of carbonyl (C=O) groups is 1. The van der Waals surface area contributed by atoms with Crippen LogP contribution in [0.15, 0.2) is 6.07 Å². The van der Waals surface area contributed by atoms with Gasteiger partial charge < -0.3 is 25.6 Å². The van der Waals surface area contributed by atoms with Crippen molar-refractivity contribution in [2.75, 3.05) is 46.2 Å². The fourth-order valence-corrected chi connectivity index (χ4v) is 2.93. The summed E-state index contributed by atoms with van der Waals surface area (Å²) in [6.07, 6.45) is 0.542. The SMILES string of the molecule is COc1nc(N)c(Cl)cc1C(=O)N[C@H]1CCN(CCO)C[C@H]1OC. The molecule has 2 heterocycles. The first-order chi connectivity index (χ1) is 11.5. The Hall–Kier alpha value is -1.61. The Morgan fingerprint density at radius 1 is 1.58 bits per heavy atom. The third kappa shape index (κ3) is 4.27. The number of nitrogens with one attached hydrogen (secondary N) is 1. The van der Waals surface area contributed by atoms with Gasteiger partial charge in [0.25, 0.3) is 5.91 Å². The number of aromatic nitrogens is 1. The minimum Gasteiger partial charge on any atom is -0.480 e. The number of pyridine rings is 1. The molecule has 9 heteroatoms. The molecular weight excluding hydrogens is 336 g/mol. The van der Waals surface area contributed by atoms with Gasteiger partial charge in [0.05, 0.1) is 30.9 Å². The Bertz CT molecular complexity index is 587. The molecule has 1 saturated heterocycles. The number of ether oxygens (including phenoxy) is 2. The summed E-state index contributed by atoms with van der Waals surface area (Å²) in [6.45, 7) is 2.09. The van der Waals surface area contributed by atoms with Gasteiger partial charge in [0.1, 0.15) is 11.4 Å². The lowest BCUT2D eigenvalue weighted by atomic mass is 10.0. The van der Waals surface area contributed by atoms with Crippen LogP contribution in [0, 0.1) is 0 Å². The van der Waals surface area contributed by atoms with Crippen molar-refractivity contribution in [1.29, 1.82) is 0 Å². The number of likely N-dealkylation sites (tertiary alicyclic amines) is 1. The van der Waals surface area contributed by atoms with Crippen LogP contribution in [0.2, 0.25) is 5.02 Å². The van der Waals surface area contributed by atoms with E-state index in [9.17, 15) is 4.79 Å². The van der Waals surface area contributed by atoms with Crippen molar-refractivity contribution in [2.24, 2.45) is 0 Å². The van der Waals surface area contributed by atoms with Crippen LogP contribution in [-0.4, -0.2) is 73.5 Å². The highest BCUT2D eigenvalue weighted by Gasteiger charge is 2.31. The molecule has 0 spiro atoms. The minimum absolute atomic E-state index is 0.0975. The monoisotopic (exact) mass is 358 g/mol. The fourth-order valence-electron chi connectivity index (χ4n) is 2.78. The zero-order valence-corrected chi connectivity index (χ0v) is 14.5. The highest BCUT2D eigenvalue weighted by Crippen LogP contribution is 2.25. The third-order valence-electron chi connectivity index (χ3n) is 4.08. The molecule has 4 N–H and O–H groups in total. The van der Waals surface area contributed by atoms with E-state index in [1.807, 2.05) is 0 Å². The molecule has 2 rings (SSSR count). The first-order valence-electron chi connectivity index (χ1n) is 7.67. The molecule has 0 unspecified atom stereocenters. The van der Waals surface area contributed by atoms with Crippen LogP contribution < -0.4 is 15.8 Å². The van der Waals surface area contributed by atoms with E-state index in [4.69, 9.17) is 31.9 Å². The van der Waals surface area contributed by atoms with E-state index in [0.29, 0.717) is 19.5 Å². The maximum atomic E-state index is 12.6. The molecule has 24 heavy (non-hydrogen) atoms. The topological polar surface area (TPSA) is 110 Å².